The number of urea groups is 1. The number of nitrogens with zero attached hydrogens (tertiary/aromatic N) is 2. The van der Waals surface area contributed by atoms with E-state index in [4.69, 9.17) is 0 Å². The highest BCUT2D eigenvalue weighted by Crippen LogP contribution is 2.19. The van der Waals surface area contributed by atoms with Gasteiger partial charge in [0, 0.05) is 26.1 Å². The van der Waals surface area contributed by atoms with Crippen LogP contribution in [0.5, 0.6) is 0 Å². The molecular weight excluding hydrogens is 244 g/mol. The van der Waals surface area contributed by atoms with Gasteiger partial charge in [0.05, 0.1) is 12.6 Å². The average Bonchev–Trinajstić information content (AvgIpc) is 2.35. The van der Waals surface area contributed by atoms with E-state index in [1.807, 2.05) is 27.8 Å². The van der Waals surface area contributed by atoms with Crippen molar-refractivity contribution in [3.63, 3.8) is 0 Å². The highest BCUT2D eigenvalue weighted by atomic mass is 16.2. The molecule has 0 aliphatic carbocycles. The molecule has 19 heavy (non-hydrogen) atoms. The summed E-state index contributed by atoms with van der Waals surface area (Å²) in [6.07, 6.45) is 0. The fraction of sp³-hybridized carbons (Fsp3) is 0.846. The van der Waals surface area contributed by atoms with Crippen LogP contribution in [0.25, 0.3) is 0 Å². The zero-order chi connectivity index (χ0) is 15.2. The van der Waals surface area contributed by atoms with E-state index in [0.717, 1.165) is 0 Å². The minimum Gasteiger partial charge on any atom is -0.318 e. The standard InChI is InChI=1S/C13H28N4O2/c1-10(11(18)13(2,3)4)16(7)12(19)17(15-6)9-8-14-5/h10,14-15H,8-9H2,1-7H3. The first-order valence-corrected chi connectivity index (χ1v) is 6.57. The van der Waals surface area contributed by atoms with Crippen LogP contribution in [0.4, 0.5) is 4.79 Å². The van der Waals surface area contributed by atoms with Crippen LogP contribution in [-0.4, -0.2) is 62.0 Å². The second-order valence-electron chi connectivity index (χ2n) is 5.66. The van der Waals surface area contributed by atoms with Crippen LogP contribution < -0.4 is 10.7 Å². The molecule has 1 atom stereocenters. The molecule has 6 nitrogen and oxygen atoms in total. The summed E-state index contributed by atoms with van der Waals surface area (Å²) in [6.45, 7) is 8.56. The van der Waals surface area contributed by atoms with Crippen molar-refractivity contribution in [2.45, 2.75) is 33.7 Å². The van der Waals surface area contributed by atoms with Gasteiger partial charge in [0.15, 0.2) is 5.78 Å². The van der Waals surface area contributed by atoms with Gasteiger partial charge in [-0.1, -0.05) is 20.8 Å². The van der Waals surface area contributed by atoms with Crippen molar-refractivity contribution < 1.29 is 9.59 Å². The van der Waals surface area contributed by atoms with Gasteiger partial charge in [0.2, 0.25) is 0 Å². The van der Waals surface area contributed by atoms with Crippen LogP contribution in [0.15, 0.2) is 0 Å². The van der Waals surface area contributed by atoms with Crippen LogP contribution in [0.2, 0.25) is 0 Å². The van der Waals surface area contributed by atoms with Crippen molar-refractivity contribution in [1.29, 1.82) is 0 Å². The lowest BCUT2D eigenvalue weighted by molar-refractivity contribution is -0.130. The molecule has 0 aliphatic heterocycles. The summed E-state index contributed by atoms with van der Waals surface area (Å²) in [6, 6.07) is -0.652. The maximum atomic E-state index is 12.3. The number of rotatable bonds is 6. The highest BCUT2D eigenvalue weighted by molar-refractivity contribution is 5.91. The van der Waals surface area contributed by atoms with E-state index < -0.39 is 11.5 Å². The number of hydrazine groups is 1. The van der Waals surface area contributed by atoms with E-state index in [1.165, 1.54) is 9.91 Å². The van der Waals surface area contributed by atoms with Crippen molar-refractivity contribution in [2.75, 3.05) is 34.2 Å². The molecule has 0 aromatic carbocycles. The first kappa shape index (κ1) is 17.9. The van der Waals surface area contributed by atoms with Gasteiger partial charge in [-0.25, -0.2) is 10.2 Å². The summed E-state index contributed by atoms with van der Waals surface area (Å²) >= 11 is 0. The third kappa shape index (κ3) is 5.16. The summed E-state index contributed by atoms with van der Waals surface area (Å²) in [5, 5.41) is 4.47. The predicted octanol–water partition coefficient (Wildman–Crippen LogP) is 0.698. The molecule has 0 saturated heterocycles. The molecular formula is C13H28N4O2. The zero-order valence-corrected chi connectivity index (χ0v) is 13.2. The lowest BCUT2D eigenvalue weighted by atomic mass is 9.86. The molecule has 2 amide bonds. The monoisotopic (exact) mass is 272 g/mol. The molecule has 2 N–H and O–H groups in total. The van der Waals surface area contributed by atoms with Crippen LogP contribution in [0.3, 0.4) is 0 Å². The fourth-order valence-corrected chi connectivity index (χ4v) is 1.69. The molecule has 0 fully saturated rings. The highest BCUT2D eigenvalue weighted by Gasteiger charge is 2.32. The Balaban J connectivity index is 4.74. The van der Waals surface area contributed by atoms with Gasteiger partial charge in [-0.05, 0) is 14.0 Å². The molecule has 112 valence electrons. The molecule has 0 aromatic rings. The van der Waals surface area contributed by atoms with Crippen LogP contribution in [0, 0.1) is 5.41 Å². The summed E-state index contributed by atoms with van der Waals surface area (Å²) < 4.78 is 0. The molecule has 0 saturated carbocycles. The molecule has 0 radical (unpaired) electrons. The zero-order valence-electron chi connectivity index (χ0n) is 13.2. The first-order chi connectivity index (χ1) is 8.66. The minimum atomic E-state index is -0.455. The van der Waals surface area contributed by atoms with Gasteiger partial charge in [0.1, 0.15) is 0 Å². The quantitative estimate of drug-likeness (QED) is 0.699. The number of nitrogens with one attached hydrogen (secondary N) is 2. The predicted molar refractivity (Wildman–Crippen MR) is 76.8 cm³/mol. The Morgan fingerprint density at radius 1 is 1.21 bits per heavy atom. The van der Waals surface area contributed by atoms with Gasteiger partial charge in [-0.15, -0.1) is 0 Å². The Morgan fingerprint density at radius 2 is 1.74 bits per heavy atom. The lowest BCUT2D eigenvalue weighted by Gasteiger charge is -2.33. The SMILES string of the molecule is CNCCN(NC)C(=O)N(C)C(C)C(=O)C(C)(C)C. The molecule has 1 unspecified atom stereocenters. The first-order valence-electron chi connectivity index (χ1n) is 6.57. The number of amides is 2. The van der Waals surface area contributed by atoms with E-state index >= 15 is 0 Å². The summed E-state index contributed by atoms with van der Waals surface area (Å²) in [4.78, 5) is 25.9. The molecule has 0 heterocycles. The van der Waals surface area contributed by atoms with Crippen molar-refractivity contribution >= 4 is 11.8 Å². The second kappa shape index (κ2) is 7.45. The van der Waals surface area contributed by atoms with Crippen LogP contribution >= 0.6 is 0 Å². The Hall–Kier alpha value is -1.14. The van der Waals surface area contributed by atoms with Crippen molar-refractivity contribution in [3.05, 3.63) is 0 Å². The second-order valence-corrected chi connectivity index (χ2v) is 5.66. The van der Waals surface area contributed by atoms with Crippen molar-refractivity contribution in [3.8, 4) is 0 Å². The number of carbonyl (C=O) groups is 2. The number of ketones is 1. The smallest absolute Gasteiger partial charge is 0.318 e. The Kier molecular flexibility index (Phi) is 7.00. The van der Waals surface area contributed by atoms with Gasteiger partial charge >= 0.3 is 6.03 Å². The van der Waals surface area contributed by atoms with Crippen LogP contribution in [-0.2, 0) is 4.79 Å². The van der Waals surface area contributed by atoms with E-state index in [9.17, 15) is 9.59 Å². The van der Waals surface area contributed by atoms with Crippen LogP contribution in [0.1, 0.15) is 27.7 Å². The molecule has 6 heteroatoms. The third-order valence-corrected chi connectivity index (χ3v) is 3.09. The largest absolute Gasteiger partial charge is 0.334 e. The van der Waals surface area contributed by atoms with E-state index in [2.05, 4.69) is 10.7 Å². The fourth-order valence-electron chi connectivity index (χ4n) is 1.69. The van der Waals surface area contributed by atoms with E-state index in [-0.39, 0.29) is 11.8 Å². The summed E-state index contributed by atoms with van der Waals surface area (Å²) in [7, 11) is 5.17. The summed E-state index contributed by atoms with van der Waals surface area (Å²) in [5.41, 5.74) is 2.39. The van der Waals surface area contributed by atoms with Gasteiger partial charge in [0.25, 0.3) is 0 Å². The van der Waals surface area contributed by atoms with Crippen molar-refractivity contribution in [1.82, 2.24) is 20.7 Å². The maximum Gasteiger partial charge on any atom is 0.334 e. The normalized spacial score (nSPS) is 13.0. The van der Waals surface area contributed by atoms with Crippen molar-refractivity contribution in [2.24, 2.45) is 5.41 Å². The van der Waals surface area contributed by atoms with E-state index in [0.29, 0.717) is 13.1 Å². The van der Waals surface area contributed by atoms with Gasteiger partial charge in [-0.3, -0.25) is 9.80 Å². The number of Topliss-reactive ketones (excluding diaryl/α,β-unsaturated/α-hetero) is 1. The number of likely N-dealkylation sites (N-methyl/N-ethyl adjacent to an activating group) is 2. The molecule has 0 aromatic heterocycles. The maximum absolute atomic E-state index is 12.3. The number of carbonyl (C=O) groups excluding carboxylic acids is 2. The number of hydrogen-bond donors (Lipinski definition) is 2. The molecule has 0 rings (SSSR count). The summed E-state index contributed by atoms with van der Waals surface area (Å²) in [5.74, 6) is 0.0491. The Bertz CT molecular complexity index is 312. The molecule has 0 bridgehead atoms. The molecule has 0 spiro atoms. The minimum absolute atomic E-state index is 0.0491. The van der Waals surface area contributed by atoms with E-state index in [1.54, 1.807) is 21.0 Å². The molecule has 0 aliphatic rings. The lowest BCUT2D eigenvalue weighted by Crippen LogP contribution is -2.54. The Labute approximate surface area is 116 Å². The number of hydrogen-bond acceptors (Lipinski definition) is 4. The van der Waals surface area contributed by atoms with Gasteiger partial charge in [-0.2, -0.15) is 0 Å². The third-order valence-electron chi connectivity index (χ3n) is 3.09. The average molecular weight is 272 g/mol. The topological polar surface area (TPSA) is 64.7 Å². The van der Waals surface area contributed by atoms with Gasteiger partial charge < -0.3 is 10.2 Å². The Morgan fingerprint density at radius 3 is 2.11 bits per heavy atom.